The fraction of sp³-hybridized carbons (Fsp3) is 0.400. The minimum Gasteiger partial charge on any atom is -0.456 e. The van der Waals surface area contributed by atoms with Crippen molar-refractivity contribution in [3.05, 3.63) is 16.5 Å². The molecule has 6 nitrogen and oxygen atoms in total. The van der Waals surface area contributed by atoms with E-state index in [0.717, 1.165) is 11.3 Å². The Morgan fingerprint density at radius 3 is 2.65 bits per heavy atom. The third-order valence-electron chi connectivity index (χ3n) is 1.74. The second-order valence-corrected chi connectivity index (χ2v) is 5.46. The third-order valence-corrected chi connectivity index (χ3v) is 2.69. The van der Waals surface area contributed by atoms with E-state index in [2.05, 4.69) is 0 Å². The molecule has 0 aliphatic rings. The van der Waals surface area contributed by atoms with Gasteiger partial charge in [0.25, 0.3) is 0 Å². The average Bonchev–Trinajstić information content (AvgIpc) is 2.57. The van der Waals surface area contributed by atoms with Crippen LogP contribution in [0.3, 0.4) is 0 Å². The topological polar surface area (TPSA) is 108 Å². The fourth-order valence-electron chi connectivity index (χ4n) is 1.09. The molecule has 94 valence electrons. The maximum atomic E-state index is 11.7. The van der Waals surface area contributed by atoms with Crippen molar-refractivity contribution >= 4 is 28.1 Å². The van der Waals surface area contributed by atoms with Gasteiger partial charge in [-0.15, -0.1) is 11.3 Å². The van der Waals surface area contributed by atoms with E-state index >= 15 is 0 Å². The Hall–Kier alpha value is -1.60. The minimum atomic E-state index is -0.585. The van der Waals surface area contributed by atoms with Gasteiger partial charge in [0.05, 0.1) is 10.6 Å². The molecule has 0 aromatic carbocycles. The Labute approximate surface area is 103 Å². The highest BCUT2D eigenvalue weighted by Crippen LogP contribution is 2.26. The van der Waals surface area contributed by atoms with E-state index in [1.807, 2.05) is 0 Å². The molecule has 0 aliphatic heterocycles. The van der Waals surface area contributed by atoms with E-state index in [1.165, 1.54) is 6.07 Å². The summed E-state index contributed by atoms with van der Waals surface area (Å²) in [4.78, 5) is 12.0. The van der Waals surface area contributed by atoms with Crippen LogP contribution < -0.4 is 11.2 Å². The molecule has 0 atom stereocenters. The first-order chi connectivity index (χ1) is 7.74. The first kappa shape index (κ1) is 13.5. The minimum absolute atomic E-state index is 0.256. The maximum absolute atomic E-state index is 11.7. The number of esters is 1. The molecule has 0 radical (unpaired) electrons. The molecular formula is C10H15N3O3S. The largest absolute Gasteiger partial charge is 0.456 e. The molecule has 0 spiro atoms. The summed E-state index contributed by atoms with van der Waals surface area (Å²) in [5, 5.41) is 16.2. The number of nitrogen functional groups attached to an aromatic ring is 1. The number of hydrogen-bond acceptors (Lipinski definition) is 6. The zero-order valence-corrected chi connectivity index (χ0v) is 10.6. The number of carbonyl (C=O) groups excluding carboxylic acids is 1. The summed E-state index contributed by atoms with van der Waals surface area (Å²) in [6, 6.07) is 1.42. The Morgan fingerprint density at radius 1 is 1.59 bits per heavy atom. The zero-order chi connectivity index (χ0) is 13.2. The molecule has 1 aromatic heterocycles. The van der Waals surface area contributed by atoms with Crippen LogP contribution in [0.15, 0.2) is 6.07 Å². The first-order valence-electron chi connectivity index (χ1n) is 4.86. The van der Waals surface area contributed by atoms with E-state index < -0.39 is 11.6 Å². The SMILES string of the molecule is CC(C)(C)OC(=O)c1cc(C(=N)NO)c(N)s1. The number of nitrogens with one attached hydrogen (secondary N) is 2. The van der Waals surface area contributed by atoms with Gasteiger partial charge in [-0.05, 0) is 26.8 Å². The van der Waals surface area contributed by atoms with Gasteiger partial charge >= 0.3 is 5.97 Å². The monoisotopic (exact) mass is 257 g/mol. The Kier molecular flexibility index (Phi) is 3.74. The van der Waals surface area contributed by atoms with Crippen molar-refractivity contribution < 1.29 is 14.7 Å². The van der Waals surface area contributed by atoms with Crippen LogP contribution in [-0.2, 0) is 4.74 Å². The van der Waals surface area contributed by atoms with Crippen LogP contribution in [0, 0.1) is 5.41 Å². The number of amidine groups is 1. The molecule has 1 heterocycles. The molecule has 0 amide bonds. The van der Waals surface area contributed by atoms with E-state index in [0.29, 0.717) is 4.88 Å². The van der Waals surface area contributed by atoms with Gasteiger partial charge in [0.2, 0.25) is 0 Å². The highest BCUT2D eigenvalue weighted by atomic mass is 32.1. The number of carbonyl (C=O) groups is 1. The number of thiophene rings is 1. The van der Waals surface area contributed by atoms with Crippen molar-refractivity contribution in [2.45, 2.75) is 26.4 Å². The van der Waals surface area contributed by atoms with Gasteiger partial charge in [-0.25, -0.2) is 4.79 Å². The molecule has 0 bridgehead atoms. The number of ether oxygens (including phenoxy) is 1. The molecule has 0 saturated heterocycles. The summed E-state index contributed by atoms with van der Waals surface area (Å²) < 4.78 is 5.17. The van der Waals surface area contributed by atoms with Gasteiger partial charge in [0, 0.05) is 0 Å². The Bertz CT molecular complexity index is 448. The molecule has 5 N–H and O–H groups in total. The van der Waals surface area contributed by atoms with Crippen molar-refractivity contribution in [1.29, 1.82) is 5.41 Å². The predicted molar refractivity (Wildman–Crippen MR) is 65.7 cm³/mol. The molecule has 0 saturated carbocycles. The summed E-state index contributed by atoms with van der Waals surface area (Å²) in [7, 11) is 0. The van der Waals surface area contributed by atoms with Crippen molar-refractivity contribution in [3.8, 4) is 0 Å². The molecule has 0 fully saturated rings. The number of rotatable bonds is 2. The Morgan fingerprint density at radius 2 is 2.18 bits per heavy atom. The quantitative estimate of drug-likeness (QED) is 0.278. The van der Waals surface area contributed by atoms with Crippen LogP contribution in [0.25, 0.3) is 0 Å². The number of hydroxylamine groups is 1. The molecular weight excluding hydrogens is 242 g/mol. The van der Waals surface area contributed by atoms with Crippen LogP contribution >= 0.6 is 11.3 Å². The second-order valence-electron chi connectivity index (χ2n) is 4.38. The van der Waals surface area contributed by atoms with Crippen LogP contribution in [0.2, 0.25) is 0 Å². The second kappa shape index (κ2) is 4.72. The summed E-state index contributed by atoms with van der Waals surface area (Å²) in [6.45, 7) is 5.29. The average molecular weight is 257 g/mol. The number of anilines is 1. The third kappa shape index (κ3) is 3.43. The summed E-state index contributed by atoms with van der Waals surface area (Å²) in [5.74, 6) is -0.750. The van der Waals surface area contributed by atoms with E-state index in [1.54, 1.807) is 26.3 Å². The van der Waals surface area contributed by atoms with Gasteiger partial charge in [0.1, 0.15) is 10.5 Å². The van der Waals surface area contributed by atoms with E-state index in [4.69, 9.17) is 21.1 Å². The van der Waals surface area contributed by atoms with Crippen LogP contribution in [0.5, 0.6) is 0 Å². The number of nitrogens with two attached hydrogens (primary N) is 1. The smallest absolute Gasteiger partial charge is 0.348 e. The first-order valence-corrected chi connectivity index (χ1v) is 5.68. The molecule has 1 aromatic rings. The van der Waals surface area contributed by atoms with Crippen LogP contribution in [0.4, 0.5) is 5.00 Å². The highest BCUT2D eigenvalue weighted by molar-refractivity contribution is 7.18. The van der Waals surface area contributed by atoms with Crippen LogP contribution in [0.1, 0.15) is 36.0 Å². The lowest BCUT2D eigenvalue weighted by molar-refractivity contribution is 0.00752. The van der Waals surface area contributed by atoms with E-state index in [-0.39, 0.29) is 16.4 Å². The van der Waals surface area contributed by atoms with Crippen molar-refractivity contribution in [2.24, 2.45) is 0 Å². The normalized spacial score (nSPS) is 11.1. The summed E-state index contributed by atoms with van der Waals surface area (Å²) >= 11 is 1.02. The highest BCUT2D eigenvalue weighted by Gasteiger charge is 2.21. The van der Waals surface area contributed by atoms with Crippen LogP contribution in [-0.4, -0.2) is 22.6 Å². The molecule has 0 aliphatic carbocycles. The zero-order valence-electron chi connectivity index (χ0n) is 9.83. The van der Waals surface area contributed by atoms with E-state index in [9.17, 15) is 4.79 Å². The molecule has 0 unspecified atom stereocenters. The van der Waals surface area contributed by atoms with Crippen molar-refractivity contribution in [1.82, 2.24) is 5.48 Å². The predicted octanol–water partition coefficient (Wildman–Crippen LogP) is 1.59. The molecule has 1 rings (SSSR count). The fourth-order valence-corrected chi connectivity index (χ4v) is 1.90. The lowest BCUT2D eigenvalue weighted by Gasteiger charge is -2.18. The van der Waals surface area contributed by atoms with Gasteiger partial charge in [0.15, 0.2) is 5.84 Å². The summed E-state index contributed by atoms with van der Waals surface area (Å²) in [5.41, 5.74) is 7.01. The van der Waals surface area contributed by atoms with Gasteiger partial charge in [-0.1, -0.05) is 0 Å². The lowest BCUT2D eigenvalue weighted by atomic mass is 10.2. The maximum Gasteiger partial charge on any atom is 0.348 e. The number of hydrogen-bond donors (Lipinski definition) is 4. The Balaban J connectivity index is 2.94. The van der Waals surface area contributed by atoms with Crippen molar-refractivity contribution in [3.63, 3.8) is 0 Å². The molecule has 17 heavy (non-hydrogen) atoms. The summed E-state index contributed by atoms with van der Waals surface area (Å²) in [6.07, 6.45) is 0. The standard InChI is InChI=1S/C10H15N3O3S/c1-10(2,3)16-9(14)6-4-5(7(11)13-15)8(12)17-6/h4,15H,12H2,1-3H3,(H2,11,13). The van der Waals surface area contributed by atoms with Gasteiger partial charge < -0.3 is 10.5 Å². The van der Waals surface area contributed by atoms with Crippen molar-refractivity contribution in [2.75, 3.05) is 5.73 Å². The lowest BCUT2D eigenvalue weighted by Crippen LogP contribution is -2.23. The van der Waals surface area contributed by atoms with Gasteiger partial charge in [-0.2, -0.15) is 0 Å². The molecule has 7 heteroatoms. The van der Waals surface area contributed by atoms with Gasteiger partial charge in [-0.3, -0.25) is 16.1 Å².